The Morgan fingerprint density at radius 2 is 2.50 bits per heavy atom. The number of hydrogen-bond acceptors (Lipinski definition) is 2. The number of fused-ring (bicyclic) bond motifs is 2. The van der Waals surface area contributed by atoms with Crippen molar-refractivity contribution in [2.45, 2.75) is 38.3 Å². The fourth-order valence-corrected chi connectivity index (χ4v) is 2.06. The number of amides is 1. The number of carbonyl (C=O) groups excluding carboxylic acids is 1. The van der Waals surface area contributed by atoms with E-state index >= 15 is 0 Å². The first kappa shape index (κ1) is 8.05. The van der Waals surface area contributed by atoms with E-state index in [9.17, 15) is 4.79 Å². The summed E-state index contributed by atoms with van der Waals surface area (Å²) in [5, 5.41) is 0. The van der Waals surface area contributed by atoms with E-state index in [1.165, 1.54) is 0 Å². The first-order valence-electron chi connectivity index (χ1n) is 4.72. The van der Waals surface area contributed by atoms with E-state index in [0.29, 0.717) is 24.5 Å². The second-order valence-corrected chi connectivity index (χ2v) is 3.64. The van der Waals surface area contributed by atoms with Crippen LogP contribution >= 0.6 is 0 Å². The van der Waals surface area contributed by atoms with Crippen molar-refractivity contribution in [2.24, 2.45) is 0 Å². The SMILES string of the molecule is CCCC(=O)N1CC2CC1CO2. The molecule has 0 spiro atoms. The summed E-state index contributed by atoms with van der Waals surface area (Å²) in [6.07, 6.45) is 3.06. The predicted octanol–water partition coefficient (Wildman–Crippen LogP) is 0.786. The van der Waals surface area contributed by atoms with E-state index in [1.54, 1.807) is 0 Å². The number of morpholine rings is 1. The second-order valence-electron chi connectivity index (χ2n) is 3.64. The number of ether oxygens (including phenoxy) is 1. The molecule has 0 saturated carbocycles. The van der Waals surface area contributed by atoms with Gasteiger partial charge in [0.25, 0.3) is 0 Å². The van der Waals surface area contributed by atoms with Crippen LogP contribution in [0.2, 0.25) is 0 Å². The van der Waals surface area contributed by atoms with Gasteiger partial charge in [-0.15, -0.1) is 0 Å². The Kier molecular flexibility index (Phi) is 2.05. The number of hydrogen-bond donors (Lipinski definition) is 0. The molecule has 0 N–H and O–H groups in total. The molecule has 0 aromatic heterocycles. The van der Waals surface area contributed by atoms with Crippen molar-refractivity contribution in [2.75, 3.05) is 13.2 Å². The van der Waals surface area contributed by atoms with Crippen molar-refractivity contribution in [3.8, 4) is 0 Å². The zero-order valence-electron chi connectivity index (χ0n) is 7.45. The van der Waals surface area contributed by atoms with Gasteiger partial charge in [0.15, 0.2) is 0 Å². The van der Waals surface area contributed by atoms with Crippen molar-refractivity contribution in [3.05, 3.63) is 0 Å². The van der Waals surface area contributed by atoms with Gasteiger partial charge in [-0.2, -0.15) is 0 Å². The third kappa shape index (κ3) is 1.22. The Bertz CT molecular complexity index is 193. The van der Waals surface area contributed by atoms with Gasteiger partial charge in [-0.3, -0.25) is 4.79 Å². The molecule has 2 aliphatic heterocycles. The summed E-state index contributed by atoms with van der Waals surface area (Å²) < 4.78 is 5.42. The Labute approximate surface area is 72.7 Å². The highest BCUT2D eigenvalue weighted by molar-refractivity contribution is 5.77. The lowest BCUT2D eigenvalue weighted by molar-refractivity contribution is -0.135. The normalized spacial score (nSPS) is 32.9. The average Bonchev–Trinajstić information content (AvgIpc) is 2.64. The standard InChI is InChI=1S/C9H15NO2/c1-2-3-9(11)10-5-8-4-7(10)6-12-8/h7-8H,2-6H2,1H3. The van der Waals surface area contributed by atoms with Gasteiger partial charge in [0.05, 0.1) is 18.8 Å². The molecule has 0 aliphatic carbocycles. The molecule has 2 fully saturated rings. The van der Waals surface area contributed by atoms with Crippen LogP contribution in [0.5, 0.6) is 0 Å². The molecule has 0 aromatic rings. The maximum absolute atomic E-state index is 11.5. The lowest BCUT2D eigenvalue weighted by Crippen LogP contribution is -2.41. The van der Waals surface area contributed by atoms with Crippen molar-refractivity contribution in [1.29, 1.82) is 0 Å². The van der Waals surface area contributed by atoms with E-state index in [-0.39, 0.29) is 0 Å². The third-order valence-corrected chi connectivity index (χ3v) is 2.68. The van der Waals surface area contributed by atoms with Gasteiger partial charge in [0.1, 0.15) is 0 Å². The lowest BCUT2D eigenvalue weighted by atomic mass is 10.2. The minimum absolute atomic E-state index is 0.313. The summed E-state index contributed by atoms with van der Waals surface area (Å²) in [5.74, 6) is 0.313. The van der Waals surface area contributed by atoms with Crippen LogP contribution in [0.1, 0.15) is 26.2 Å². The average molecular weight is 169 g/mol. The van der Waals surface area contributed by atoms with Crippen LogP contribution in [0.25, 0.3) is 0 Å². The minimum Gasteiger partial charge on any atom is -0.374 e. The number of nitrogens with zero attached hydrogens (tertiary/aromatic N) is 1. The molecular formula is C9H15NO2. The van der Waals surface area contributed by atoms with Crippen LogP contribution in [0.3, 0.4) is 0 Å². The lowest BCUT2D eigenvalue weighted by Gasteiger charge is -2.26. The molecule has 3 heteroatoms. The van der Waals surface area contributed by atoms with E-state index in [1.807, 2.05) is 11.8 Å². The van der Waals surface area contributed by atoms with Crippen LogP contribution in [0.15, 0.2) is 0 Å². The van der Waals surface area contributed by atoms with E-state index in [0.717, 1.165) is 26.0 Å². The fourth-order valence-electron chi connectivity index (χ4n) is 2.06. The molecule has 2 aliphatic rings. The molecule has 0 radical (unpaired) electrons. The third-order valence-electron chi connectivity index (χ3n) is 2.68. The molecule has 2 bridgehead atoms. The van der Waals surface area contributed by atoms with Gasteiger partial charge in [-0.25, -0.2) is 0 Å². The number of carbonyl (C=O) groups is 1. The first-order valence-corrected chi connectivity index (χ1v) is 4.72. The summed E-state index contributed by atoms with van der Waals surface area (Å²) in [6, 6.07) is 0.397. The summed E-state index contributed by atoms with van der Waals surface area (Å²) >= 11 is 0. The number of likely N-dealkylation sites (tertiary alicyclic amines) is 1. The van der Waals surface area contributed by atoms with E-state index in [2.05, 4.69) is 0 Å². The van der Waals surface area contributed by atoms with Crippen LogP contribution in [-0.2, 0) is 9.53 Å². The molecule has 2 atom stereocenters. The fraction of sp³-hybridized carbons (Fsp3) is 0.889. The molecule has 1 amide bonds. The monoisotopic (exact) mass is 169 g/mol. The van der Waals surface area contributed by atoms with Gasteiger partial charge in [-0.1, -0.05) is 6.92 Å². The van der Waals surface area contributed by atoms with Crippen LogP contribution < -0.4 is 0 Å². The smallest absolute Gasteiger partial charge is 0.222 e. The van der Waals surface area contributed by atoms with Crippen LogP contribution in [0, 0.1) is 0 Å². The molecule has 2 rings (SSSR count). The van der Waals surface area contributed by atoms with E-state index < -0.39 is 0 Å². The molecule has 0 aromatic carbocycles. The molecule has 2 heterocycles. The number of rotatable bonds is 2. The highest BCUT2D eigenvalue weighted by atomic mass is 16.5. The zero-order valence-corrected chi connectivity index (χ0v) is 7.45. The second kappa shape index (κ2) is 3.05. The predicted molar refractivity (Wildman–Crippen MR) is 44.8 cm³/mol. The quantitative estimate of drug-likeness (QED) is 0.611. The Hall–Kier alpha value is -0.570. The molecular weight excluding hydrogens is 154 g/mol. The van der Waals surface area contributed by atoms with E-state index in [4.69, 9.17) is 4.74 Å². The Morgan fingerprint density at radius 3 is 3.00 bits per heavy atom. The minimum atomic E-state index is 0.313. The summed E-state index contributed by atoms with van der Waals surface area (Å²) in [7, 11) is 0. The van der Waals surface area contributed by atoms with Gasteiger partial charge in [0.2, 0.25) is 5.91 Å². The van der Waals surface area contributed by atoms with Crippen LogP contribution in [-0.4, -0.2) is 36.1 Å². The molecule has 2 saturated heterocycles. The van der Waals surface area contributed by atoms with Crippen molar-refractivity contribution in [1.82, 2.24) is 4.90 Å². The van der Waals surface area contributed by atoms with Crippen molar-refractivity contribution in [3.63, 3.8) is 0 Å². The van der Waals surface area contributed by atoms with Gasteiger partial charge in [0, 0.05) is 13.0 Å². The van der Waals surface area contributed by atoms with Gasteiger partial charge < -0.3 is 9.64 Å². The Morgan fingerprint density at radius 1 is 1.67 bits per heavy atom. The van der Waals surface area contributed by atoms with Crippen molar-refractivity contribution < 1.29 is 9.53 Å². The Balaban J connectivity index is 1.93. The summed E-state index contributed by atoms with van der Waals surface area (Å²) in [6.45, 7) is 3.65. The summed E-state index contributed by atoms with van der Waals surface area (Å²) in [5.41, 5.74) is 0. The first-order chi connectivity index (χ1) is 5.81. The highest BCUT2D eigenvalue weighted by Gasteiger charge is 2.40. The molecule has 2 unspecified atom stereocenters. The molecule has 12 heavy (non-hydrogen) atoms. The van der Waals surface area contributed by atoms with Crippen LogP contribution in [0.4, 0.5) is 0 Å². The molecule has 3 nitrogen and oxygen atoms in total. The van der Waals surface area contributed by atoms with Gasteiger partial charge in [-0.05, 0) is 12.8 Å². The molecule has 68 valence electrons. The summed E-state index contributed by atoms with van der Waals surface area (Å²) in [4.78, 5) is 13.5. The maximum Gasteiger partial charge on any atom is 0.222 e. The largest absolute Gasteiger partial charge is 0.374 e. The highest BCUT2D eigenvalue weighted by Crippen LogP contribution is 2.28. The maximum atomic E-state index is 11.5. The van der Waals surface area contributed by atoms with Gasteiger partial charge >= 0.3 is 0 Å². The topological polar surface area (TPSA) is 29.5 Å². The van der Waals surface area contributed by atoms with Crippen molar-refractivity contribution >= 4 is 5.91 Å². The zero-order chi connectivity index (χ0) is 8.55.